The van der Waals surface area contributed by atoms with E-state index in [0.717, 1.165) is 98.2 Å². The van der Waals surface area contributed by atoms with Crippen molar-refractivity contribution in [1.82, 2.24) is 15.2 Å². The van der Waals surface area contributed by atoms with Gasteiger partial charge in [-0.3, -0.25) is 0 Å². The predicted octanol–water partition coefficient (Wildman–Crippen LogP) is 6.15. The molecule has 8 nitrogen and oxygen atoms in total. The first-order valence-electron chi connectivity index (χ1n) is 14.3. The highest BCUT2D eigenvalue weighted by atomic mass is 16.6. The average Bonchev–Trinajstić information content (AvgIpc) is 3.22. The smallest absolute Gasteiger partial charge is 0.407 e. The number of ether oxygens (including phenoxy) is 3. The maximum absolute atomic E-state index is 12.7. The van der Waals surface area contributed by atoms with Gasteiger partial charge in [-0.1, -0.05) is 38.5 Å². The molecule has 1 aliphatic heterocycles. The van der Waals surface area contributed by atoms with E-state index in [4.69, 9.17) is 14.2 Å². The largest absolute Gasteiger partial charge is 0.497 e. The number of nitrogens with zero attached hydrogens (tertiary/aromatic N) is 1. The monoisotopic (exact) mass is 523 g/mol. The number of carbonyl (C=O) groups is 2. The molecule has 1 aromatic heterocycles. The molecule has 2 aromatic rings. The number of fused-ring (bicyclic) bond motifs is 3. The fourth-order valence-corrected chi connectivity index (χ4v) is 6.34. The van der Waals surface area contributed by atoms with Gasteiger partial charge < -0.3 is 29.4 Å². The van der Waals surface area contributed by atoms with Crippen LogP contribution in [-0.4, -0.2) is 35.9 Å². The number of amides is 2. The second kappa shape index (κ2) is 12.1. The lowest BCUT2D eigenvalue weighted by Crippen LogP contribution is -2.36. The van der Waals surface area contributed by atoms with Gasteiger partial charge in [0.1, 0.15) is 19.0 Å². The van der Waals surface area contributed by atoms with Crippen LogP contribution < -0.4 is 15.4 Å². The zero-order valence-corrected chi connectivity index (χ0v) is 22.8. The zero-order chi connectivity index (χ0) is 26.5. The van der Waals surface area contributed by atoms with Crippen LogP contribution in [0.1, 0.15) is 86.6 Å². The van der Waals surface area contributed by atoms with E-state index >= 15 is 0 Å². The van der Waals surface area contributed by atoms with Crippen LogP contribution in [-0.2, 0) is 35.7 Å². The number of nitrogens with one attached hydrogen (secondary N) is 2. The summed E-state index contributed by atoms with van der Waals surface area (Å²) < 4.78 is 19.3. The van der Waals surface area contributed by atoms with Crippen molar-refractivity contribution in [3.05, 3.63) is 40.6 Å². The second-order valence-corrected chi connectivity index (χ2v) is 10.9. The third-order valence-electron chi connectivity index (χ3n) is 8.48. The molecule has 2 saturated carbocycles. The highest BCUT2D eigenvalue weighted by Crippen LogP contribution is 2.39. The molecular formula is C30H41N3O5. The third kappa shape index (κ3) is 5.94. The number of carbonyl (C=O) groups excluding carboxylic acids is 2. The maximum Gasteiger partial charge on any atom is 0.407 e. The Morgan fingerprint density at radius 1 is 0.868 bits per heavy atom. The van der Waals surface area contributed by atoms with Gasteiger partial charge in [0.15, 0.2) is 0 Å². The summed E-state index contributed by atoms with van der Waals surface area (Å²) >= 11 is 0. The maximum atomic E-state index is 12.7. The number of rotatable bonds is 7. The number of aromatic nitrogens is 1. The van der Waals surface area contributed by atoms with E-state index in [2.05, 4.69) is 34.3 Å². The molecule has 2 N–H and O–H groups in total. The van der Waals surface area contributed by atoms with Crippen molar-refractivity contribution < 1.29 is 23.8 Å². The van der Waals surface area contributed by atoms with Crippen molar-refractivity contribution in [2.45, 2.75) is 109 Å². The van der Waals surface area contributed by atoms with Crippen molar-refractivity contribution in [3.8, 4) is 17.0 Å². The summed E-state index contributed by atoms with van der Waals surface area (Å²) in [4.78, 5) is 25.4. The SMILES string of the molecule is COc1ccc2c(c1)CCn1c(C)c(COC(=O)NC3CCCCC3)c(COC(=O)NC3CCCCC3)c1-2. The van der Waals surface area contributed by atoms with Crippen molar-refractivity contribution >= 4 is 12.2 Å². The molecule has 206 valence electrons. The van der Waals surface area contributed by atoms with E-state index in [1.807, 2.05) is 6.07 Å². The normalized spacial score (nSPS) is 17.7. The number of aryl methyl sites for hydroxylation is 1. The molecule has 2 amide bonds. The molecule has 0 bridgehead atoms. The molecule has 3 aliphatic rings. The van der Waals surface area contributed by atoms with E-state index in [1.54, 1.807) is 7.11 Å². The molecule has 8 heteroatoms. The Hall–Kier alpha value is -3.16. The fourth-order valence-electron chi connectivity index (χ4n) is 6.34. The standard InChI is InChI=1S/C30H41N3O5/c1-20-26(18-37-29(34)31-22-9-5-3-6-10-22)27(19-38-30(35)32-23-11-7-4-8-12-23)28-25-14-13-24(36-2)17-21(25)15-16-33(20)28/h13-14,17,22-23H,3-12,15-16,18-19H2,1-2H3,(H,31,34)(H,32,35). The van der Waals surface area contributed by atoms with E-state index < -0.39 is 0 Å². The lowest BCUT2D eigenvalue weighted by Gasteiger charge is -2.23. The van der Waals surface area contributed by atoms with Gasteiger partial charge in [-0.2, -0.15) is 0 Å². The van der Waals surface area contributed by atoms with Gasteiger partial charge in [-0.15, -0.1) is 0 Å². The third-order valence-corrected chi connectivity index (χ3v) is 8.48. The van der Waals surface area contributed by atoms with Gasteiger partial charge in [0.05, 0.1) is 12.8 Å². The van der Waals surface area contributed by atoms with Crippen LogP contribution in [0, 0.1) is 6.92 Å². The summed E-state index contributed by atoms with van der Waals surface area (Å²) in [6.45, 7) is 3.12. The second-order valence-electron chi connectivity index (χ2n) is 10.9. The average molecular weight is 524 g/mol. The predicted molar refractivity (Wildman–Crippen MR) is 145 cm³/mol. The molecule has 2 fully saturated rings. The van der Waals surface area contributed by atoms with Crippen molar-refractivity contribution in [3.63, 3.8) is 0 Å². The van der Waals surface area contributed by atoms with Crippen LogP contribution in [0.2, 0.25) is 0 Å². The molecule has 1 aromatic carbocycles. The van der Waals surface area contributed by atoms with E-state index in [-0.39, 0.29) is 37.5 Å². The van der Waals surface area contributed by atoms with Crippen LogP contribution in [0.4, 0.5) is 9.59 Å². The number of hydrogen-bond donors (Lipinski definition) is 2. The lowest BCUT2D eigenvalue weighted by molar-refractivity contribution is 0.125. The van der Waals surface area contributed by atoms with Crippen molar-refractivity contribution in [1.29, 1.82) is 0 Å². The molecule has 0 atom stereocenters. The minimum Gasteiger partial charge on any atom is -0.497 e. The Bertz CT molecular complexity index is 1150. The summed E-state index contributed by atoms with van der Waals surface area (Å²) in [5, 5.41) is 6.08. The lowest BCUT2D eigenvalue weighted by atomic mass is 9.95. The van der Waals surface area contributed by atoms with Crippen molar-refractivity contribution in [2.24, 2.45) is 0 Å². The summed E-state index contributed by atoms with van der Waals surface area (Å²) in [6, 6.07) is 6.48. The molecular weight excluding hydrogens is 482 g/mol. The molecule has 38 heavy (non-hydrogen) atoms. The van der Waals surface area contributed by atoms with Crippen molar-refractivity contribution in [2.75, 3.05) is 7.11 Å². The topological polar surface area (TPSA) is 90.8 Å². The Labute approximate surface area is 225 Å². The zero-order valence-electron chi connectivity index (χ0n) is 22.8. The molecule has 0 radical (unpaired) electrons. The Balaban J connectivity index is 1.36. The highest BCUT2D eigenvalue weighted by Gasteiger charge is 2.28. The van der Waals surface area contributed by atoms with Gasteiger partial charge in [0, 0.05) is 41.0 Å². The van der Waals surface area contributed by atoms with Crippen LogP contribution >= 0.6 is 0 Å². The highest BCUT2D eigenvalue weighted by molar-refractivity contribution is 5.74. The van der Waals surface area contributed by atoms with Gasteiger partial charge in [0.25, 0.3) is 0 Å². The van der Waals surface area contributed by atoms with E-state index in [0.29, 0.717) is 0 Å². The Morgan fingerprint density at radius 3 is 2.03 bits per heavy atom. The van der Waals surface area contributed by atoms with Gasteiger partial charge in [-0.05, 0) is 62.8 Å². The minimum atomic E-state index is -0.387. The first-order valence-corrected chi connectivity index (χ1v) is 14.3. The minimum absolute atomic E-state index is 0.121. The van der Waals surface area contributed by atoms with Crippen LogP contribution in [0.5, 0.6) is 5.75 Å². The quantitative estimate of drug-likeness (QED) is 0.455. The van der Waals surface area contributed by atoms with E-state index in [1.165, 1.54) is 18.4 Å². The summed E-state index contributed by atoms with van der Waals surface area (Å²) in [5.41, 5.74) is 6.18. The van der Waals surface area contributed by atoms with Gasteiger partial charge >= 0.3 is 12.2 Å². The molecule has 0 spiro atoms. The molecule has 5 rings (SSSR count). The summed E-state index contributed by atoms with van der Waals surface area (Å²) in [7, 11) is 1.68. The fraction of sp³-hybridized carbons (Fsp3) is 0.600. The van der Waals surface area contributed by atoms with Crippen LogP contribution in [0.3, 0.4) is 0 Å². The first kappa shape index (κ1) is 26.4. The molecule has 2 aliphatic carbocycles. The molecule has 0 unspecified atom stereocenters. The number of alkyl carbamates (subject to hydrolysis) is 2. The Morgan fingerprint density at radius 2 is 1.45 bits per heavy atom. The summed E-state index contributed by atoms with van der Waals surface area (Å²) in [5.74, 6) is 0.827. The van der Waals surface area contributed by atoms with Crippen LogP contribution in [0.15, 0.2) is 18.2 Å². The van der Waals surface area contributed by atoms with Crippen LogP contribution in [0.25, 0.3) is 11.3 Å². The van der Waals surface area contributed by atoms with Gasteiger partial charge in [-0.25, -0.2) is 9.59 Å². The number of benzene rings is 1. The Kier molecular flexibility index (Phi) is 8.45. The van der Waals surface area contributed by atoms with E-state index in [9.17, 15) is 9.59 Å². The number of hydrogen-bond acceptors (Lipinski definition) is 5. The summed E-state index contributed by atoms with van der Waals surface area (Å²) in [6.07, 6.45) is 11.1. The molecule has 0 saturated heterocycles. The first-order chi connectivity index (χ1) is 18.5. The van der Waals surface area contributed by atoms with Gasteiger partial charge in [0.2, 0.25) is 0 Å². The molecule has 2 heterocycles. The number of methoxy groups -OCH3 is 1.